The number of guanidine groups is 1. The Kier molecular flexibility index (Phi) is 7.12. The van der Waals surface area contributed by atoms with E-state index in [1.165, 1.54) is 16.5 Å². The fourth-order valence-electron chi connectivity index (χ4n) is 3.21. The number of aromatic nitrogens is 1. The van der Waals surface area contributed by atoms with Gasteiger partial charge in [-0.1, -0.05) is 29.8 Å². The summed E-state index contributed by atoms with van der Waals surface area (Å²) in [6, 6.07) is 13.2. The molecule has 0 amide bonds. The molecule has 3 rings (SSSR count). The molecule has 8 heteroatoms. The first kappa shape index (κ1) is 21.9. The predicted octanol–water partition coefficient (Wildman–Crippen LogP) is 2.47. The van der Waals surface area contributed by atoms with Crippen molar-refractivity contribution in [3.8, 4) is 0 Å². The molecule has 0 spiro atoms. The van der Waals surface area contributed by atoms with E-state index in [0.29, 0.717) is 12.5 Å². The van der Waals surface area contributed by atoms with E-state index in [2.05, 4.69) is 50.5 Å². The number of fused-ring (bicyclic) bond motifs is 1. The highest BCUT2D eigenvalue weighted by Crippen LogP contribution is 2.19. The van der Waals surface area contributed by atoms with Gasteiger partial charge >= 0.3 is 0 Å². The van der Waals surface area contributed by atoms with E-state index in [-0.39, 0.29) is 11.4 Å². The van der Waals surface area contributed by atoms with Gasteiger partial charge in [-0.05, 0) is 49.6 Å². The lowest BCUT2D eigenvalue weighted by Gasteiger charge is -2.12. The topological polar surface area (TPSA) is 98.4 Å². The van der Waals surface area contributed by atoms with Gasteiger partial charge in [0.25, 0.3) is 0 Å². The van der Waals surface area contributed by atoms with Crippen LogP contribution in [0.5, 0.6) is 0 Å². The molecule has 30 heavy (non-hydrogen) atoms. The van der Waals surface area contributed by atoms with Crippen LogP contribution in [0.4, 0.5) is 0 Å². The van der Waals surface area contributed by atoms with E-state index in [0.717, 1.165) is 24.0 Å². The van der Waals surface area contributed by atoms with E-state index in [9.17, 15) is 8.42 Å². The van der Waals surface area contributed by atoms with Crippen LogP contribution in [0, 0.1) is 13.8 Å². The van der Waals surface area contributed by atoms with E-state index < -0.39 is 10.0 Å². The quantitative estimate of drug-likeness (QED) is 0.252. The summed E-state index contributed by atoms with van der Waals surface area (Å²) in [5.41, 5.74) is 4.65. The van der Waals surface area contributed by atoms with Crippen molar-refractivity contribution in [1.29, 1.82) is 0 Å². The summed E-state index contributed by atoms with van der Waals surface area (Å²) in [7, 11) is -1.81. The Balaban J connectivity index is 1.43. The average molecular weight is 428 g/mol. The predicted molar refractivity (Wildman–Crippen MR) is 122 cm³/mol. The van der Waals surface area contributed by atoms with Gasteiger partial charge in [-0.25, -0.2) is 13.1 Å². The van der Waals surface area contributed by atoms with Crippen LogP contribution in [-0.4, -0.2) is 46.0 Å². The van der Waals surface area contributed by atoms with Crippen LogP contribution in [-0.2, 0) is 16.4 Å². The SMILES string of the molecule is CN=C(NCCNS(=O)(=O)c1ccc(C)cc1)NCCc1c[nH]c2cc(C)ccc12. The van der Waals surface area contributed by atoms with Gasteiger partial charge in [0.15, 0.2) is 5.96 Å². The van der Waals surface area contributed by atoms with Crippen molar-refractivity contribution in [2.45, 2.75) is 25.2 Å². The minimum atomic E-state index is -3.51. The Bertz CT molecular complexity index is 1120. The molecule has 1 aromatic heterocycles. The number of H-pyrrole nitrogens is 1. The van der Waals surface area contributed by atoms with Gasteiger partial charge in [-0.15, -0.1) is 0 Å². The molecule has 0 saturated carbocycles. The Morgan fingerprint density at radius 1 is 0.967 bits per heavy atom. The monoisotopic (exact) mass is 427 g/mol. The smallest absolute Gasteiger partial charge is 0.240 e. The molecule has 0 unspecified atom stereocenters. The first-order valence-corrected chi connectivity index (χ1v) is 11.4. The Morgan fingerprint density at radius 3 is 2.40 bits per heavy atom. The van der Waals surface area contributed by atoms with Crippen LogP contribution in [0.15, 0.2) is 58.5 Å². The molecule has 4 N–H and O–H groups in total. The molecule has 3 aromatic rings. The van der Waals surface area contributed by atoms with Crippen molar-refractivity contribution in [2.75, 3.05) is 26.7 Å². The molecular formula is C22H29N5O2S. The maximum Gasteiger partial charge on any atom is 0.240 e. The lowest BCUT2D eigenvalue weighted by atomic mass is 10.1. The van der Waals surface area contributed by atoms with E-state index in [1.54, 1.807) is 31.3 Å². The van der Waals surface area contributed by atoms with Gasteiger partial charge in [0.2, 0.25) is 10.0 Å². The molecular weight excluding hydrogens is 398 g/mol. The number of aliphatic imine (C=N–C) groups is 1. The van der Waals surface area contributed by atoms with Gasteiger partial charge in [-0.3, -0.25) is 4.99 Å². The zero-order chi connectivity index (χ0) is 21.6. The summed E-state index contributed by atoms with van der Waals surface area (Å²) in [4.78, 5) is 7.77. The van der Waals surface area contributed by atoms with Gasteiger partial charge < -0.3 is 15.6 Å². The molecule has 0 fully saturated rings. The molecule has 7 nitrogen and oxygen atoms in total. The van der Waals surface area contributed by atoms with Gasteiger partial charge in [0, 0.05) is 43.8 Å². The zero-order valence-corrected chi connectivity index (χ0v) is 18.4. The molecule has 0 aliphatic carbocycles. The van der Waals surface area contributed by atoms with Gasteiger partial charge in [-0.2, -0.15) is 0 Å². The minimum Gasteiger partial charge on any atom is -0.361 e. The van der Waals surface area contributed by atoms with Crippen molar-refractivity contribution >= 4 is 26.9 Å². The molecule has 0 aliphatic rings. The lowest BCUT2D eigenvalue weighted by molar-refractivity contribution is 0.580. The highest BCUT2D eigenvalue weighted by Gasteiger charge is 2.12. The average Bonchev–Trinajstić information content (AvgIpc) is 3.12. The zero-order valence-electron chi connectivity index (χ0n) is 17.6. The first-order valence-electron chi connectivity index (χ1n) is 9.96. The normalized spacial score (nSPS) is 12.3. The third-order valence-electron chi connectivity index (χ3n) is 4.87. The van der Waals surface area contributed by atoms with E-state index >= 15 is 0 Å². The number of benzene rings is 2. The second-order valence-corrected chi connectivity index (χ2v) is 9.02. The van der Waals surface area contributed by atoms with Crippen LogP contribution >= 0.6 is 0 Å². The summed E-state index contributed by atoms with van der Waals surface area (Å²) in [5, 5.41) is 7.63. The van der Waals surface area contributed by atoms with Crippen molar-refractivity contribution < 1.29 is 8.42 Å². The molecule has 0 radical (unpaired) electrons. The number of rotatable bonds is 8. The van der Waals surface area contributed by atoms with Crippen molar-refractivity contribution in [1.82, 2.24) is 20.3 Å². The van der Waals surface area contributed by atoms with Crippen LogP contribution in [0.2, 0.25) is 0 Å². The number of hydrogen-bond donors (Lipinski definition) is 4. The summed E-state index contributed by atoms with van der Waals surface area (Å²) < 4.78 is 27.2. The van der Waals surface area contributed by atoms with Crippen LogP contribution in [0.3, 0.4) is 0 Å². The third kappa shape index (κ3) is 5.61. The highest BCUT2D eigenvalue weighted by atomic mass is 32.2. The highest BCUT2D eigenvalue weighted by molar-refractivity contribution is 7.89. The lowest BCUT2D eigenvalue weighted by Crippen LogP contribution is -2.42. The number of aromatic amines is 1. The van der Waals surface area contributed by atoms with Crippen LogP contribution in [0.25, 0.3) is 10.9 Å². The van der Waals surface area contributed by atoms with Crippen molar-refractivity contribution in [2.24, 2.45) is 4.99 Å². The summed E-state index contributed by atoms with van der Waals surface area (Å²) in [5.74, 6) is 0.639. The standard InChI is InChI=1S/C22H29N5O2S/c1-16-4-7-19(8-5-16)30(28,29)27-13-12-25-22(23-3)24-11-10-18-15-26-21-14-17(2)6-9-20(18)21/h4-9,14-15,26-27H,10-13H2,1-3H3,(H2,23,24,25). The number of nitrogens with one attached hydrogen (secondary N) is 4. The molecule has 160 valence electrons. The Labute approximate surface area is 178 Å². The first-order chi connectivity index (χ1) is 14.4. The van der Waals surface area contributed by atoms with E-state index in [1.807, 2.05) is 13.1 Å². The fourth-order valence-corrected chi connectivity index (χ4v) is 4.24. The van der Waals surface area contributed by atoms with Gasteiger partial charge in [0.05, 0.1) is 4.90 Å². The largest absolute Gasteiger partial charge is 0.361 e. The molecule has 1 heterocycles. The van der Waals surface area contributed by atoms with Crippen molar-refractivity contribution in [3.05, 3.63) is 65.4 Å². The number of hydrogen-bond acceptors (Lipinski definition) is 3. The molecule has 2 aromatic carbocycles. The number of sulfonamides is 1. The molecule has 0 atom stereocenters. The molecule has 0 aliphatic heterocycles. The van der Waals surface area contributed by atoms with Gasteiger partial charge in [0.1, 0.15) is 0 Å². The maximum atomic E-state index is 12.3. The number of nitrogens with zero attached hydrogens (tertiary/aromatic N) is 1. The molecule has 0 saturated heterocycles. The summed E-state index contributed by atoms with van der Waals surface area (Å²) >= 11 is 0. The van der Waals surface area contributed by atoms with E-state index in [4.69, 9.17) is 0 Å². The van der Waals surface area contributed by atoms with Crippen LogP contribution < -0.4 is 15.4 Å². The second-order valence-electron chi connectivity index (χ2n) is 7.25. The maximum absolute atomic E-state index is 12.3. The third-order valence-corrected chi connectivity index (χ3v) is 6.35. The second kappa shape index (κ2) is 9.77. The van der Waals surface area contributed by atoms with Crippen LogP contribution in [0.1, 0.15) is 16.7 Å². The fraction of sp³-hybridized carbons (Fsp3) is 0.318. The molecule has 0 bridgehead atoms. The summed E-state index contributed by atoms with van der Waals surface area (Å²) in [6.07, 6.45) is 2.89. The number of aryl methyl sites for hydroxylation is 2. The summed E-state index contributed by atoms with van der Waals surface area (Å²) in [6.45, 7) is 5.41. The minimum absolute atomic E-state index is 0.263. The Hall–Kier alpha value is -2.84. The Morgan fingerprint density at radius 2 is 1.67 bits per heavy atom. The van der Waals surface area contributed by atoms with Crippen molar-refractivity contribution in [3.63, 3.8) is 0 Å².